The molecule has 0 N–H and O–H groups in total. The van der Waals surface area contributed by atoms with Crippen LogP contribution in [-0.4, -0.2) is 25.9 Å². The third-order valence-electron chi connectivity index (χ3n) is 3.46. The summed E-state index contributed by atoms with van der Waals surface area (Å²) in [7, 11) is 1.69. The van der Waals surface area contributed by atoms with Crippen LogP contribution in [0.1, 0.15) is 35.0 Å². The first kappa shape index (κ1) is 16.6. The van der Waals surface area contributed by atoms with Crippen molar-refractivity contribution < 1.29 is 13.9 Å². The summed E-state index contributed by atoms with van der Waals surface area (Å²) >= 11 is 2.04. The molecule has 24 heavy (non-hydrogen) atoms. The topological polar surface area (TPSA) is 83.0 Å². The Morgan fingerprint density at radius 2 is 2.00 bits per heavy atom. The van der Waals surface area contributed by atoms with Crippen LogP contribution in [0.25, 0.3) is 11.5 Å². The summed E-state index contributed by atoms with van der Waals surface area (Å²) in [6.45, 7) is 3.69. The average molecular weight is 438 g/mol. The zero-order chi connectivity index (χ0) is 17.3. The Hall–Kier alpha value is -2.23. The van der Waals surface area contributed by atoms with Crippen LogP contribution in [0.5, 0.6) is 0 Å². The van der Waals surface area contributed by atoms with Crippen LogP contribution < -0.4 is 0 Å². The normalized spacial score (nSPS) is 12.2. The van der Waals surface area contributed by atoms with E-state index in [2.05, 4.69) is 15.3 Å². The highest BCUT2D eigenvalue weighted by Gasteiger charge is 2.23. The molecule has 124 valence electrons. The van der Waals surface area contributed by atoms with Gasteiger partial charge < -0.3 is 9.15 Å². The molecule has 1 aromatic carbocycles. The van der Waals surface area contributed by atoms with Crippen molar-refractivity contribution in [3.8, 4) is 11.5 Å². The van der Waals surface area contributed by atoms with Gasteiger partial charge in [0.05, 0.1) is 9.77 Å². The van der Waals surface area contributed by atoms with Gasteiger partial charge in [-0.3, -0.25) is 4.68 Å². The number of nitrogens with zero attached hydrogens (tertiary/aromatic N) is 4. The van der Waals surface area contributed by atoms with Gasteiger partial charge >= 0.3 is 5.97 Å². The molecule has 0 spiro atoms. The number of esters is 1. The van der Waals surface area contributed by atoms with Crippen LogP contribution in [0.4, 0.5) is 0 Å². The summed E-state index contributed by atoms with van der Waals surface area (Å²) in [4.78, 5) is 12.3. The van der Waals surface area contributed by atoms with E-state index in [1.165, 1.54) is 4.68 Å². The van der Waals surface area contributed by atoms with Crippen LogP contribution >= 0.6 is 22.6 Å². The SMILES string of the molecule is Cc1ccc(-c2nnc(C(C)OC(=O)c3c(I)cnn3C)o2)cc1. The summed E-state index contributed by atoms with van der Waals surface area (Å²) in [6.07, 6.45) is 0.944. The van der Waals surface area contributed by atoms with Crippen molar-refractivity contribution in [1.82, 2.24) is 20.0 Å². The maximum Gasteiger partial charge on any atom is 0.358 e. The standard InChI is InChI=1S/C16H15IN4O3/c1-9-4-6-11(7-5-9)15-20-19-14(24-15)10(2)23-16(22)13-12(17)8-18-21(13)3/h4-8,10H,1-3H3. The third kappa shape index (κ3) is 3.32. The minimum atomic E-state index is -0.658. The fourth-order valence-electron chi connectivity index (χ4n) is 2.12. The first-order valence-corrected chi connectivity index (χ1v) is 8.32. The van der Waals surface area contributed by atoms with Crippen molar-refractivity contribution in [2.45, 2.75) is 20.0 Å². The molecule has 0 amide bonds. The summed E-state index contributed by atoms with van der Waals surface area (Å²) in [5, 5.41) is 12.0. The third-order valence-corrected chi connectivity index (χ3v) is 4.25. The lowest BCUT2D eigenvalue weighted by Crippen LogP contribution is -2.14. The Bertz CT molecular complexity index is 850. The van der Waals surface area contributed by atoms with Crippen LogP contribution in [0.3, 0.4) is 0 Å². The lowest BCUT2D eigenvalue weighted by Gasteiger charge is -2.09. The molecule has 0 aliphatic rings. The van der Waals surface area contributed by atoms with Crippen LogP contribution in [0.15, 0.2) is 34.9 Å². The predicted octanol–water partition coefficient (Wildman–Crippen LogP) is 3.30. The molecule has 0 aliphatic carbocycles. The Morgan fingerprint density at radius 1 is 1.29 bits per heavy atom. The number of rotatable bonds is 4. The number of hydrogen-bond donors (Lipinski definition) is 0. The molecule has 3 rings (SSSR count). The van der Waals surface area contributed by atoms with Gasteiger partial charge in [0.25, 0.3) is 5.89 Å². The molecule has 2 aromatic heterocycles. The second-order valence-electron chi connectivity index (χ2n) is 5.32. The first-order chi connectivity index (χ1) is 11.5. The molecule has 1 atom stereocenters. The number of aromatic nitrogens is 4. The molecule has 1 unspecified atom stereocenters. The van der Waals surface area contributed by atoms with E-state index in [1.54, 1.807) is 20.2 Å². The van der Waals surface area contributed by atoms with E-state index in [9.17, 15) is 4.79 Å². The molecule has 0 radical (unpaired) electrons. The predicted molar refractivity (Wildman–Crippen MR) is 94.2 cm³/mol. The van der Waals surface area contributed by atoms with E-state index in [0.717, 1.165) is 14.7 Å². The summed E-state index contributed by atoms with van der Waals surface area (Å²) in [6, 6.07) is 7.74. The Morgan fingerprint density at radius 3 is 2.62 bits per heavy atom. The van der Waals surface area contributed by atoms with Gasteiger partial charge in [0, 0.05) is 12.6 Å². The lowest BCUT2D eigenvalue weighted by molar-refractivity contribution is 0.0266. The van der Waals surface area contributed by atoms with E-state index in [4.69, 9.17) is 9.15 Å². The van der Waals surface area contributed by atoms with Crippen molar-refractivity contribution >= 4 is 28.6 Å². The van der Waals surface area contributed by atoms with Gasteiger partial charge in [-0.1, -0.05) is 17.7 Å². The highest BCUT2D eigenvalue weighted by atomic mass is 127. The van der Waals surface area contributed by atoms with Crippen LogP contribution in [0.2, 0.25) is 0 Å². The smallest absolute Gasteiger partial charge is 0.358 e. The Kier molecular flexibility index (Phi) is 4.65. The van der Waals surface area contributed by atoms with Crippen molar-refractivity contribution in [1.29, 1.82) is 0 Å². The quantitative estimate of drug-likeness (QED) is 0.459. The second-order valence-corrected chi connectivity index (χ2v) is 6.49. The van der Waals surface area contributed by atoms with E-state index < -0.39 is 12.1 Å². The molecule has 8 heteroatoms. The first-order valence-electron chi connectivity index (χ1n) is 7.24. The van der Waals surface area contributed by atoms with Gasteiger partial charge in [-0.2, -0.15) is 5.10 Å². The minimum absolute atomic E-state index is 0.246. The van der Waals surface area contributed by atoms with E-state index in [-0.39, 0.29) is 5.89 Å². The Balaban J connectivity index is 1.75. The fourth-order valence-corrected chi connectivity index (χ4v) is 2.81. The van der Waals surface area contributed by atoms with Crippen molar-refractivity contribution in [2.24, 2.45) is 7.05 Å². The number of aryl methyl sites for hydroxylation is 2. The molecule has 7 nitrogen and oxygen atoms in total. The molecule has 3 aromatic rings. The zero-order valence-electron chi connectivity index (χ0n) is 13.4. The number of ether oxygens (including phenoxy) is 1. The number of carbonyl (C=O) groups excluding carboxylic acids is 1. The number of benzene rings is 1. The Labute approximate surface area is 152 Å². The molecule has 0 bridgehead atoms. The summed E-state index contributed by atoms with van der Waals surface area (Å²) < 4.78 is 13.2. The molecular weight excluding hydrogens is 423 g/mol. The van der Waals surface area contributed by atoms with Crippen LogP contribution in [0, 0.1) is 10.5 Å². The number of carbonyl (C=O) groups is 1. The number of hydrogen-bond acceptors (Lipinski definition) is 6. The van der Waals surface area contributed by atoms with Gasteiger partial charge in [-0.15, -0.1) is 10.2 Å². The highest BCUT2D eigenvalue weighted by molar-refractivity contribution is 14.1. The number of halogens is 1. The zero-order valence-corrected chi connectivity index (χ0v) is 15.5. The second kappa shape index (κ2) is 6.71. The van der Waals surface area contributed by atoms with Gasteiger partial charge in [0.15, 0.2) is 11.8 Å². The highest BCUT2D eigenvalue weighted by Crippen LogP contribution is 2.24. The van der Waals surface area contributed by atoms with E-state index >= 15 is 0 Å². The largest absolute Gasteiger partial charge is 0.448 e. The minimum Gasteiger partial charge on any atom is -0.448 e. The van der Waals surface area contributed by atoms with Crippen molar-refractivity contribution in [2.75, 3.05) is 0 Å². The molecule has 0 saturated heterocycles. The molecule has 0 aliphatic heterocycles. The van der Waals surface area contributed by atoms with Crippen molar-refractivity contribution in [3.63, 3.8) is 0 Å². The maximum absolute atomic E-state index is 12.3. The van der Waals surface area contributed by atoms with Crippen LogP contribution in [-0.2, 0) is 11.8 Å². The van der Waals surface area contributed by atoms with Gasteiger partial charge in [-0.25, -0.2) is 4.79 Å². The van der Waals surface area contributed by atoms with Gasteiger partial charge in [-0.05, 0) is 48.6 Å². The summed E-state index contributed by atoms with van der Waals surface area (Å²) in [5.74, 6) is 0.154. The monoisotopic (exact) mass is 438 g/mol. The molecule has 0 fully saturated rings. The fraction of sp³-hybridized carbons (Fsp3) is 0.250. The maximum atomic E-state index is 12.3. The van der Waals surface area contributed by atoms with Gasteiger partial charge in [0.1, 0.15) is 0 Å². The average Bonchev–Trinajstić information content (AvgIpc) is 3.15. The lowest BCUT2D eigenvalue weighted by atomic mass is 10.1. The van der Waals surface area contributed by atoms with E-state index in [0.29, 0.717) is 11.6 Å². The summed E-state index contributed by atoms with van der Waals surface area (Å²) in [5.41, 5.74) is 2.35. The molecular formula is C16H15IN4O3. The van der Waals surface area contributed by atoms with Gasteiger partial charge in [0.2, 0.25) is 5.89 Å². The molecule has 0 saturated carbocycles. The van der Waals surface area contributed by atoms with E-state index in [1.807, 2.05) is 53.8 Å². The van der Waals surface area contributed by atoms with Crippen molar-refractivity contribution in [3.05, 3.63) is 51.2 Å². The molecule has 2 heterocycles.